The van der Waals surface area contributed by atoms with E-state index in [0.29, 0.717) is 5.69 Å². The van der Waals surface area contributed by atoms with Crippen LogP contribution in [0.2, 0.25) is 0 Å². The van der Waals surface area contributed by atoms with Crippen molar-refractivity contribution in [3.05, 3.63) is 59.2 Å². The number of halogens is 1. The number of benzene rings is 1. The number of pyridine rings is 1. The number of nitrogens with zero attached hydrogens (tertiary/aromatic N) is 3. The second-order valence-electron chi connectivity index (χ2n) is 6.03. The van der Waals surface area contributed by atoms with Gasteiger partial charge in [0.1, 0.15) is 35.6 Å². The number of rotatable bonds is 3. The van der Waals surface area contributed by atoms with Crippen molar-refractivity contribution < 1.29 is 13.9 Å². The number of amides is 1. The third-order valence-electron chi connectivity index (χ3n) is 3.97. The molecule has 1 atom stereocenters. The smallest absolute Gasteiger partial charge is 0.275 e. The van der Waals surface area contributed by atoms with Crippen LogP contribution in [0.4, 0.5) is 10.1 Å². The van der Waals surface area contributed by atoms with Crippen LogP contribution >= 0.6 is 0 Å². The largest absolute Gasteiger partial charge is 0.386 e. The lowest BCUT2D eigenvalue weighted by Crippen LogP contribution is -2.38. The first-order valence-corrected chi connectivity index (χ1v) is 7.81. The number of aliphatic imine (C=N–C) groups is 1. The zero-order valence-electron chi connectivity index (χ0n) is 14.0. The number of nitrogens with one attached hydrogen (secondary N) is 1. The van der Waals surface area contributed by atoms with Crippen LogP contribution in [0.15, 0.2) is 41.5 Å². The highest BCUT2D eigenvalue weighted by atomic mass is 19.1. The topological polar surface area (TPSA) is 113 Å². The van der Waals surface area contributed by atoms with Crippen molar-refractivity contribution in [2.24, 2.45) is 10.7 Å². The summed E-state index contributed by atoms with van der Waals surface area (Å²) in [4.78, 5) is 20.7. The zero-order valence-corrected chi connectivity index (χ0v) is 14.0. The molecule has 0 saturated carbocycles. The van der Waals surface area contributed by atoms with Gasteiger partial charge in [-0.05, 0) is 37.3 Å². The van der Waals surface area contributed by atoms with Crippen LogP contribution in [0.5, 0.6) is 0 Å². The first-order chi connectivity index (χ1) is 12.4. The van der Waals surface area contributed by atoms with E-state index in [1.165, 1.54) is 30.5 Å². The molecule has 132 valence electrons. The number of ether oxygens (including phenoxy) is 1. The summed E-state index contributed by atoms with van der Waals surface area (Å²) >= 11 is 0. The highest BCUT2D eigenvalue weighted by Crippen LogP contribution is 2.32. The molecule has 3 rings (SSSR count). The van der Waals surface area contributed by atoms with Crippen molar-refractivity contribution in [2.45, 2.75) is 12.5 Å². The summed E-state index contributed by atoms with van der Waals surface area (Å²) in [5, 5.41) is 11.7. The van der Waals surface area contributed by atoms with Crippen molar-refractivity contribution >= 4 is 17.4 Å². The van der Waals surface area contributed by atoms with Crippen LogP contribution in [-0.2, 0) is 10.3 Å². The maximum atomic E-state index is 14.4. The Balaban J connectivity index is 1.92. The van der Waals surface area contributed by atoms with Crippen molar-refractivity contribution in [3.63, 3.8) is 0 Å². The molecule has 1 aliphatic heterocycles. The fraction of sp³-hybridized carbons (Fsp3) is 0.222. The van der Waals surface area contributed by atoms with Gasteiger partial charge in [-0.1, -0.05) is 0 Å². The number of hydrogen-bond donors (Lipinski definition) is 2. The highest BCUT2D eigenvalue weighted by molar-refractivity contribution is 6.04. The molecular formula is C18H16FN5O2. The summed E-state index contributed by atoms with van der Waals surface area (Å²) in [7, 11) is 0. The van der Waals surface area contributed by atoms with Gasteiger partial charge in [-0.25, -0.2) is 9.37 Å². The predicted molar refractivity (Wildman–Crippen MR) is 93.1 cm³/mol. The molecule has 0 radical (unpaired) electrons. The predicted octanol–water partition coefficient (Wildman–Crippen LogP) is 1.95. The molecule has 0 aliphatic carbocycles. The SMILES string of the molecule is C[C@@]1(c2cc(NC(=O)c3ncccc3C#N)ccc2F)COCC(N)=N1. The van der Waals surface area contributed by atoms with Gasteiger partial charge in [-0.3, -0.25) is 9.79 Å². The number of aromatic nitrogens is 1. The molecule has 2 heterocycles. The lowest BCUT2D eigenvalue weighted by Gasteiger charge is -2.30. The molecule has 8 heteroatoms. The van der Waals surface area contributed by atoms with Gasteiger partial charge in [-0.2, -0.15) is 5.26 Å². The van der Waals surface area contributed by atoms with Crippen LogP contribution in [0.1, 0.15) is 28.5 Å². The van der Waals surface area contributed by atoms with Crippen molar-refractivity contribution in [3.8, 4) is 6.07 Å². The van der Waals surface area contributed by atoms with Gasteiger partial charge >= 0.3 is 0 Å². The van der Waals surface area contributed by atoms with Crippen LogP contribution in [-0.4, -0.2) is 29.9 Å². The molecule has 26 heavy (non-hydrogen) atoms. The summed E-state index contributed by atoms with van der Waals surface area (Å²) in [6, 6.07) is 9.12. The monoisotopic (exact) mass is 353 g/mol. The second kappa shape index (κ2) is 6.90. The summed E-state index contributed by atoms with van der Waals surface area (Å²) in [6.07, 6.45) is 1.42. The van der Waals surface area contributed by atoms with Gasteiger partial charge in [0.15, 0.2) is 0 Å². The highest BCUT2D eigenvalue weighted by Gasteiger charge is 2.33. The molecule has 1 aliphatic rings. The quantitative estimate of drug-likeness (QED) is 0.875. The fourth-order valence-electron chi connectivity index (χ4n) is 2.76. The van der Waals surface area contributed by atoms with Crippen molar-refractivity contribution in [1.29, 1.82) is 5.26 Å². The van der Waals surface area contributed by atoms with E-state index in [2.05, 4.69) is 15.3 Å². The number of carbonyl (C=O) groups excluding carboxylic acids is 1. The van der Waals surface area contributed by atoms with Gasteiger partial charge in [-0.15, -0.1) is 0 Å². The molecule has 0 unspecified atom stereocenters. The Kier molecular flexibility index (Phi) is 4.65. The minimum atomic E-state index is -0.990. The molecular weight excluding hydrogens is 337 g/mol. The molecule has 0 spiro atoms. The summed E-state index contributed by atoms with van der Waals surface area (Å²) < 4.78 is 19.7. The number of nitriles is 1. The minimum absolute atomic E-state index is 0.00430. The minimum Gasteiger partial charge on any atom is -0.386 e. The Labute approximate surface area is 149 Å². The van der Waals surface area contributed by atoms with Crippen molar-refractivity contribution in [1.82, 2.24) is 4.98 Å². The number of nitrogens with two attached hydrogens (primary N) is 1. The molecule has 1 aromatic heterocycles. The van der Waals surface area contributed by atoms with E-state index < -0.39 is 17.3 Å². The Morgan fingerprint density at radius 1 is 1.46 bits per heavy atom. The first kappa shape index (κ1) is 17.5. The molecule has 1 amide bonds. The van der Waals surface area contributed by atoms with E-state index in [1.54, 1.807) is 13.0 Å². The van der Waals surface area contributed by atoms with Gasteiger partial charge in [0, 0.05) is 17.4 Å². The molecule has 2 aromatic rings. The third-order valence-corrected chi connectivity index (χ3v) is 3.97. The Hall–Kier alpha value is -3.31. The average Bonchev–Trinajstić information content (AvgIpc) is 2.63. The van der Waals surface area contributed by atoms with Crippen LogP contribution in [0.3, 0.4) is 0 Å². The molecule has 1 aromatic carbocycles. The van der Waals surface area contributed by atoms with Gasteiger partial charge in [0.25, 0.3) is 5.91 Å². The van der Waals surface area contributed by atoms with Crippen LogP contribution < -0.4 is 11.1 Å². The van der Waals surface area contributed by atoms with E-state index in [-0.39, 0.29) is 35.9 Å². The van der Waals surface area contributed by atoms with Crippen LogP contribution in [0, 0.1) is 17.1 Å². The second-order valence-corrected chi connectivity index (χ2v) is 6.03. The zero-order chi connectivity index (χ0) is 18.7. The summed E-state index contributed by atoms with van der Waals surface area (Å²) in [5.41, 5.74) is 5.47. The Morgan fingerprint density at radius 3 is 3.00 bits per heavy atom. The van der Waals surface area contributed by atoms with Gasteiger partial charge in [0.05, 0.1) is 12.2 Å². The van der Waals surface area contributed by atoms with Gasteiger partial charge < -0.3 is 15.8 Å². The van der Waals surface area contributed by atoms with E-state index in [1.807, 2.05) is 6.07 Å². The number of carbonyl (C=O) groups is 1. The van der Waals surface area contributed by atoms with E-state index in [4.69, 9.17) is 15.7 Å². The summed E-state index contributed by atoms with van der Waals surface area (Å²) in [5.74, 6) is -0.768. The number of amidine groups is 1. The molecule has 0 fully saturated rings. The Morgan fingerprint density at radius 2 is 2.27 bits per heavy atom. The van der Waals surface area contributed by atoms with E-state index in [0.717, 1.165) is 0 Å². The van der Waals surface area contributed by atoms with Crippen LogP contribution in [0.25, 0.3) is 0 Å². The normalized spacial score (nSPS) is 19.3. The van der Waals surface area contributed by atoms with Gasteiger partial charge in [0.2, 0.25) is 0 Å². The lowest BCUT2D eigenvalue weighted by molar-refractivity contribution is 0.102. The van der Waals surface area contributed by atoms with E-state index >= 15 is 0 Å². The number of anilines is 1. The van der Waals surface area contributed by atoms with Crippen molar-refractivity contribution in [2.75, 3.05) is 18.5 Å². The first-order valence-electron chi connectivity index (χ1n) is 7.81. The molecule has 0 bridgehead atoms. The number of hydrogen-bond acceptors (Lipinski definition) is 6. The maximum Gasteiger partial charge on any atom is 0.275 e. The lowest BCUT2D eigenvalue weighted by atomic mass is 9.92. The summed E-state index contributed by atoms with van der Waals surface area (Å²) in [6.45, 7) is 2.07. The molecule has 3 N–H and O–H groups in total. The third kappa shape index (κ3) is 3.38. The standard InChI is InChI=1S/C18H16FN5O2/c1-18(10-26-9-15(21)24-18)13-7-12(4-5-14(13)19)23-17(25)16-11(8-20)3-2-6-22-16/h2-7H,9-10H2,1H3,(H2,21,24)(H,23,25)/t18-/m0/s1. The molecule has 7 nitrogen and oxygen atoms in total. The molecule has 0 saturated heterocycles. The van der Waals surface area contributed by atoms with E-state index in [9.17, 15) is 9.18 Å². The Bertz CT molecular complexity index is 937. The fourth-order valence-corrected chi connectivity index (χ4v) is 2.76. The maximum absolute atomic E-state index is 14.4. The average molecular weight is 353 g/mol.